The molecule has 0 bridgehead atoms. The van der Waals surface area contributed by atoms with Crippen LogP contribution < -0.4 is 10.6 Å². The van der Waals surface area contributed by atoms with Gasteiger partial charge < -0.3 is 10.6 Å². The highest BCUT2D eigenvalue weighted by atomic mass is 16.2. The van der Waals surface area contributed by atoms with E-state index < -0.39 is 0 Å². The summed E-state index contributed by atoms with van der Waals surface area (Å²) >= 11 is 0. The number of urea groups is 1. The zero-order valence-electron chi connectivity index (χ0n) is 7.02. The third-order valence-electron chi connectivity index (χ3n) is 1.98. The summed E-state index contributed by atoms with van der Waals surface area (Å²) in [4.78, 5) is 11.0. The molecule has 1 saturated carbocycles. The molecule has 3 nitrogen and oxygen atoms in total. The first kappa shape index (κ1) is 8.37. The summed E-state index contributed by atoms with van der Waals surface area (Å²) in [5.41, 5.74) is 0. The van der Waals surface area contributed by atoms with Crippen LogP contribution in [0.1, 0.15) is 32.6 Å². The molecule has 0 heterocycles. The molecule has 0 atom stereocenters. The lowest BCUT2D eigenvalue weighted by molar-refractivity contribution is 0.228. The summed E-state index contributed by atoms with van der Waals surface area (Å²) in [7, 11) is 0. The fraction of sp³-hybridized carbons (Fsp3) is 0.875. The lowest BCUT2D eigenvalue weighted by atomic mass is 9.93. The predicted octanol–water partition coefficient (Wildman–Crippen LogP) is 1.25. The molecule has 1 fully saturated rings. The van der Waals surface area contributed by atoms with E-state index in [2.05, 4.69) is 10.6 Å². The van der Waals surface area contributed by atoms with E-state index in [1.54, 1.807) is 0 Å². The molecule has 0 aromatic heterocycles. The van der Waals surface area contributed by atoms with Crippen molar-refractivity contribution in [1.29, 1.82) is 0 Å². The fourth-order valence-corrected chi connectivity index (χ4v) is 1.03. The molecular formula is C8H16N2O. The second-order valence-electron chi connectivity index (χ2n) is 3.03. The van der Waals surface area contributed by atoms with Crippen molar-refractivity contribution in [2.75, 3.05) is 6.54 Å². The Morgan fingerprint density at radius 2 is 2.27 bits per heavy atom. The van der Waals surface area contributed by atoms with Crippen LogP contribution in [-0.2, 0) is 0 Å². The van der Waals surface area contributed by atoms with Gasteiger partial charge in [-0.2, -0.15) is 0 Å². The van der Waals surface area contributed by atoms with Gasteiger partial charge in [-0.15, -0.1) is 0 Å². The van der Waals surface area contributed by atoms with E-state index in [9.17, 15) is 4.79 Å². The zero-order chi connectivity index (χ0) is 8.10. The van der Waals surface area contributed by atoms with Crippen LogP contribution in [0.5, 0.6) is 0 Å². The van der Waals surface area contributed by atoms with E-state index in [4.69, 9.17) is 0 Å². The van der Waals surface area contributed by atoms with Gasteiger partial charge in [0.15, 0.2) is 0 Å². The molecule has 0 saturated heterocycles. The molecule has 64 valence electrons. The normalized spacial score (nSPS) is 17.2. The summed E-state index contributed by atoms with van der Waals surface area (Å²) in [5.74, 6) is 0. The number of carbonyl (C=O) groups excluding carboxylic acids is 1. The molecule has 2 N–H and O–H groups in total. The Labute approximate surface area is 67.5 Å². The SMILES string of the molecule is CCCNC(=O)NC1CCC1. The van der Waals surface area contributed by atoms with Gasteiger partial charge in [0.2, 0.25) is 0 Å². The average molecular weight is 156 g/mol. The maximum absolute atomic E-state index is 11.0. The summed E-state index contributed by atoms with van der Waals surface area (Å²) < 4.78 is 0. The van der Waals surface area contributed by atoms with Gasteiger partial charge in [-0.25, -0.2) is 4.79 Å². The summed E-state index contributed by atoms with van der Waals surface area (Å²) in [6.07, 6.45) is 4.57. The third kappa shape index (κ3) is 2.78. The summed E-state index contributed by atoms with van der Waals surface area (Å²) in [6.45, 7) is 2.82. The second-order valence-corrected chi connectivity index (χ2v) is 3.03. The van der Waals surface area contributed by atoms with Crippen LogP contribution in [0.25, 0.3) is 0 Å². The molecule has 1 aliphatic carbocycles. The molecule has 11 heavy (non-hydrogen) atoms. The Bertz CT molecular complexity index is 132. The molecule has 3 heteroatoms. The summed E-state index contributed by atoms with van der Waals surface area (Å²) in [6, 6.07) is 0.448. The van der Waals surface area contributed by atoms with Gasteiger partial charge in [0, 0.05) is 12.6 Å². The smallest absolute Gasteiger partial charge is 0.315 e. The highest BCUT2D eigenvalue weighted by Gasteiger charge is 2.18. The minimum Gasteiger partial charge on any atom is -0.338 e. The number of carbonyl (C=O) groups is 1. The van der Waals surface area contributed by atoms with E-state index in [1.165, 1.54) is 6.42 Å². The van der Waals surface area contributed by atoms with Crippen molar-refractivity contribution in [1.82, 2.24) is 10.6 Å². The van der Waals surface area contributed by atoms with Gasteiger partial charge in [0.05, 0.1) is 0 Å². The first-order valence-electron chi connectivity index (χ1n) is 4.37. The molecule has 0 aromatic rings. The average Bonchev–Trinajstić information content (AvgIpc) is 1.93. The lowest BCUT2D eigenvalue weighted by Gasteiger charge is -2.26. The number of hydrogen-bond acceptors (Lipinski definition) is 1. The van der Waals surface area contributed by atoms with Crippen molar-refractivity contribution < 1.29 is 4.79 Å². The maximum atomic E-state index is 11.0. The van der Waals surface area contributed by atoms with Crippen molar-refractivity contribution in [2.24, 2.45) is 0 Å². The number of hydrogen-bond donors (Lipinski definition) is 2. The molecule has 0 aliphatic heterocycles. The van der Waals surface area contributed by atoms with E-state index in [1.807, 2.05) is 6.92 Å². The van der Waals surface area contributed by atoms with Gasteiger partial charge in [0.1, 0.15) is 0 Å². The Morgan fingerprint density at radius 1 is 1.55 bits per heavy atom. The highest BCUT2D eigenvalue weighted by Crippen LogP contribution is 2.17. The number of amides is 2. The van der Waals surface area contributed by atoms with Gasteiger partial charge in [0.25, 0.3) is 0 Å². The highest BCUT2D eigenvalue weighted by molar-refractivity contribution is 5.74. The van der Waals surface area contributed by atoms with Crippen molar-refractivity contribution in [3.05, 3.63) is 0 Å². The van der Waals surface area contributed by atoms with Gasteiger partial charge >= 0.3 is 6.03 Å². The summed E-state index contributed by atoms with van der Waals surface area (Å²) in [5, 5.41) is 5.68. The van der Waals surface area contributed by atoms with E-state index in [0.717, 1.165) is 25.8 Å². The molecule has 1 rings (SSSR count). The largest absolute Gasteiger partial charge is 0.338 e. The third-order valence-corrected chi connectivity index (χ3v) is 1.98. The van der Waals surface area contributed by atoms with Crippen LogP contribution in [0.2, 0.25) is 0 Å². The van der Waals surface area contributed by atoms with Gasteiger partial charge in [-0.3, -0.25) is 0 Å². The molecule has 0 radical (unpaired) electrons. The second kappa shape index (κ2) is 4.21. The zero-order valence-corrected chi connectivity index (χ0v) is 7.02. The lowest BCUT2D eigenvalue weighted by Crippen LogP contribution is -2.45. The number of rotatable bonds is 3. The molecule has 2 amide bonds. The minimum atomic E-state index is -0.00319. The Balaban J connectivity index is 2.00. The minimum absolute atomic E-state index is 0.00319. The van der Waals surface area contributed by atoms with Crippen molar-refractivity contribution in [3.8, 4) is 0 Å². The van der Waals surface area contributed by atoms with Gasteiger partial charge in [-0.05, 0) is 25.7 Å². The molecule has 0 aromatic carbocycles. The van der Waals surface area contributed by atoms with Crippen LogP contribution in [-0.4, -0.2) is 18.6 Å². The van der Waals surface area contributed by atoms with Crippen molar-refractivity contribution >= 4 is 6.03 Å². The van der Waals surface area contributed by atoms with Crippen LogP contribution >= 0.6 is 0 Å². The number of nitrogens with one attached hydrogen (secondary N) is 2. The molecule has 1 aliphatic rings. The topological polar surface area (TPSA) is 41.1 Å². The van der Waals surface area contributed by atoms with Crippen molar-refractivity contribution in [3.63, 3.8) is 0 Å². The van der Waals surface area contributed by atoms with E-state index in [0.29, 0.717) is 6.04 Å². The quantitative estimate of drug-likeness (QED) is 0.634. The standard InChI is InChI=1S/C8H16N2O/c1-2-6-9-8(11)10-7-4-3-5-7/h7H,2-6H2,1H3,(H2,9,10,11). The fourth-order valence-electron chi connectivity index (χ4n) is 1.03. The predicted molar refractivity (Wildman–Crippen MR) is 44.5 cm³/mol. The van der Waals surface area contributed by atoms with Crippen molar-refractivity contribution in [2.45, 2.75) is 38.6 Å². The first-order valence-corrected chi connectivity index (χ1v) is 4.37. The van der Waals surface area contributed by atoms with E-state index in [-0.39, 0.29) is 6.03 Å². The Morgan fingerprint density at radius 3 is 2.73 bits per heavy atom. The Kier molecular flexibility index (Phi) is 3.20. The maximum Gasteiger partial charge on any atom is 0.315 e. The van der Waals surface area contributed by atoms with Crippen LogP contribution in [0.4, 0.5) is 4.79 Å². The Hall–Kier alpha value is -0.730. The molecule has 0 unspecified atom stereocenters. The molecule has 0 spiro atoms. The van der Waals surface area contributed by atoms with Crippen LogP contribution in [0, 0.1) is 0 Å². The molecular weight excluding hydrogens is 140 g/mol. The van der Waals surface area contributed by atoms with Crippen LogP contribution in [0.3, 0.4) is 0 Å². The van der Waals surface area contributed by atoms with E-state index >= 15 is 0 Å². The monoisotopic (exact) mass is 156 g/mol. The van der Waals surface area contributed by atoms with Crippen LogP contribution in [0.15, 0.2) is 0 Å². The first-order chi connectivity index (χ1) is 5.33. The van der Waals surface area contributed by atoms with Gasteiger partial charge in [-0.1, -0.05) is 6.92 Å².